The first-order valence-corrected chi connectivity index (χ1v) is 13.9. The normalized spacial score (nSPS) is 17.0. The number of amides is 3. The van der Waals surface area contributed by atoms with Crippen LogP contribution in [0.2, 0.25) is 5.02 Å². The Morgan fingerprint density at radius 3 is 2.46 bits per heavy atom. The van der Waals surface area contributed by atoms with E-state index in [0.29, 0.717) is 34.9 Å². The molecule has 0 aliphatic carbocycles. The predicted molar refractivity (Wildman–Crippen MR) is 157 cm³/mol. The van der Waals surface area contributed by atoms with Gasteiger partial charge in [0.05, 0.1) is 6.42 Å². The van der Waals surface area contributed by atoms with E-state index in [1.165, 1.54) is 13.0 Å². The van der Waals surface area contributed by atoms with Gasteiger partial charge in [-0.2, -0.15) is 0 Å². The van der Waals surface area contributed by atoms with Crippen molar-refractivity contribution in [3.63, 3.8) is 0 Å². The van der Waals surface area contributed by atoms with Crippen molar-refractivity contribution in [1.29, 1.82) is 0 Å². The highest BCUT2D eigenvalue weighted by Gasteiger charge is 2.39. The van der Waals surface area contributed by atoms with Crippen LogP contribution in [0, 0.1) is 11.2 Å². The smallest absolute Gasteiger partial charge is 0.256 e. The molecule has 3 aromatic carbocycles. The number of hydrogen-bond acceptors (Lipinski definition) is 4. The number of hydrogen-bond donors (Lipinski definition) is 2. The summed E-state index contributed by atoms with van der Waals surface area (Å²) in [4.78, 5) is 40.3. The zero-order valence-electron chi connectivity index (χ0n) is 23.7. The minimum Gasteiger partial charge on any atom is -0.355 e. The van der Waals surface area contributed by atoms with Gasteiger partial charge in [-0.1, -0.05) is 74.8 Å². The molecule has 0 spiro atoms. The second-order valence-corrected chi connectivity index (χ2v) is 11.9. The van der Waals surface area contributed by atoms with Gasteiger partial charge in [-0.15, -0.1) is 0 Å². The molecule has 7 nitrogen and oxygen atoms in total. The third-order valence-electron chi connectivity index (χ3n) is 6.64. The standard InChI is InChI=1S/C32H35ClFN3O4/c1-20(38)35-17-21-8-7-10-22(14-21)30-25-15-24(33)12-13-27(25)37(19-32(2,3)4)31(40)28(41-30)16-29(39)36-18-23-9-5-6-11-26(23)34/h5-15,28,30H,16-19H2,1-4H3,(H,35,38)(H,36,39). The second-order valence-electron chi connectivity index (χ2n) is 11.4. The number of nitrogens with one attached hydrogen (secondary N) is 2. The molecule has 2 unspecified atom stereocenters. The Labute approximate surface area is 245 Å². The molecule has 4 rings (SSSR count). The van der Waals surface area contributed by atoms with E-state index in [1.54, 1.807) is 41.3 Å². The average molecular weight is 580 g/mol. The van der Waals surface area contributed by atoms with E-state index in [4.69, 9.17) is 16.3 Å². The molecule has 3 amide bonds. The highest BCUT2D eigenvalue weighted by atomic mass is 35.5. The Hall–Kier alpha value is -3.75. The van der Waals surface area contributed by atoms with Gasteiger partial charge in [0, 0.05) is 48.4 Å². The molecule has 9 heteroatoms. The highest BCUT2D eigenvalue weighted by Crippen LogP contribution is 2.41. The number of benzene rings is 3. The van der Waals surface area contributed by atoms with E-state index >= 15 is 0 Å². The summed E-state index contributed by atoms with van der Waals surface area (Å²) in [6.45, 7) is 8.24. The van der Waals surface area contributed by atoms with Gasteiger partial charge in [0.15, 0.2) is 0 Å². The molecule has 2 atom stereocenters. The summed E-state index contributed by atoms with van der Waals surface area (Å²) in [6, 6.07) is 19.1. The number of anilines is 1. The first-order valence-electron chi connectivity index (χ1n) is 13.5. The van der Waals surface area contributed by atoms with Crippen molar-refractivity contribution in [2.45, 2.75) is 59.4 Å². The Morgan fingerprint density at radius 1 is 1.00 bits per heavy atom. The van der Waals surface area contributed by atoms with Crippen LogP contribution in [0.3, 0.4) is 0 Å². The minimum atomic E-state index is -1.12. The third-order valence-corrected chi connectivity index (χ3v) is 6.87. The van der Waals surface area contributed by atoms with Crippen LogP contribution in [-0.2, 0) is 32.2 Å². The minimum absolute atomic E-state index is 0.0113. The fourth-order valence-electron chi connectivity index (χ4n) is 4.77. The number of fused-ring (bicyclic) bond motifs is 1. The molecule has 1 heterocycles. The number of nitrogens with zero attached hydrogens (tertiary/aromatic N) is 1. The lowest BCUT2D eigenvalue weighted by atomic mass is 9.94. The summed E-state index contributed by atoms with van der Waals surface area (Å²) in [5, 5.41) is 6.00. The average Bonchev–Trinajstić information content (AvgIpc) is 3.01. The topological polar surface area (TPSA) is 87.7 Å². The molecule has 1 aliphatic rings. The maximum atomic E-state index is 14.1. The lowest BCUT2D eigenvalue weighted by molar-refractivity contribution is -0.138. The maximum Gasteiger partial charge on any atom is 0.256 e. The molecular weight excluding hydrogens is 545 g/mol. The van der Waals surface area contributed by atoms with E-state index < -0.39 is 23.9 Å². The van der Waals surface area contributed by atoms with Crippen molar-refractivity contribution >= 4 is 35.0 Å². The van der Waals surface area contributed by atoms with Gasteiger partial charge in [0.2, 0.25) is 11.8 Å². The van der Waals surface area contributed by atoms with Crippen LogP contribution < -0.4 is 15.5 Å². The molecule has 2 N–H and O–H groups in total. The van der Waals surface area contributed by atoms with Gasteiger partial charge in [0.25, 0.3) is 5.91 Å². The van der Waals surface area contributed by atoms with E-state index in [9.17, 15) is 18.8 Å². The van der Waals surface area contributed by atoms with Crippen LogP contribution in [0.15, 0.2) is 66.7 Å². The zero-order chi connectivity index (χ0) is 29.7. The van der Waals surface area contributed by atoms with E-state index in [1.807, 2.05) is 45.0 Å². The predicted octanol–water partition coefficient (Wildman–Crippen LogP) is 5.69. The summed E-state index contributed by atoms with van der Waals surface area (Å²) < 4.78 is 20.6. The summed E-state index contributed by atoms with van der Waals surface area (Å²) in [7, 11) is 0. The highest BCUT2D eigenvalue weighted by molar-refractivity contribution is 6.30. The van der Waals surface area contributed by atoms with Crippen LogP contribution in [0.5, 0.6) is 0 Å². The van der Waals surface area contributed by atoms with Crippen molar-refractivity contribution in [3.05, 3.63) is 99.8 Å². The maximum absolute atomic E-state index is 14.1. The molecule has 216 valence electrons. The molecule has 0 saturated heterocycles. The summed E-state index contributed by atoms with van der Waals surface area (Å²) in [6.07, 6.45) is -2.09. The van der Waals surface area contributed by atoms with E-state index in [0.717, 1.165) is 11.1 Å². The summed E-state index contributed by atoms with van der Waals surface area (Å²) in [5.41, 5.74) is 3.04. The molecule has 0 saturated carbocycles. The van der Waals surface area contributed by atoms with E-state index in [2.05, 4.69) is 10.6 Å². The van der Waals surface area contributed by atoms with Gasteiger partial charge in [-0.3, -0.25) is 14.4 Å². The molecule has 0 aromatic heterocycles. The second kappa shape index (κ2) is 12.8. The lowest BCUT2D eigenvalue weighted by Gasteiger charge is -2.31. The van der Waals surface area contributed by atoms with Crippen molar-refractivity contribution in [1.82, 2.24) is 10.6 Å². The van der Waals surface area contributed by atoms with Crippen LogP contribution in [0.4, 0.5) is 10.1 Å². The molecular formula is C32H35ClFN3O4. The Morgan fingerprint density at radius 2 is 1.76 bits per heavy atom. The SMILES string of the molecule is CC(=O)NCc1cccc(C2OC(CC(=O)NCc3ccccc3F)C(=O)N(CC(C)(C)C)c3ccc(Cl)cc32)c1. The van der Waals surface area contributed by atoms with Crippen molar-refractivity contribution in [2.24, 2.45) is 5.41 Å². The zero-order valence-corrected chi connectivity index (χ0v) is 24.4. The summed E-state index contributed by atoms with van der Waals surface area (Å²) >= 11 is 6.45. The molecule has 1 aliphatic heterocycles. The Kier molecular flexibility index (Phi) is 9.46. The van der Waals surface area contributed by atoms with Gasteiger partial charge in [-0.25, -0.2) is 4.39 Å². The first-order chi connectivity index (χ1) is 19.4. The van der Waals surface area contributed by atoms with Crippen LogP contribution in [0.1, 0.15) is 62.5 Å². The van der Waals surface area contributed by atoms with Crippen molar-refractivity contribution in [2.75, 3.05) is 11.4 Å². The van der Waals surface area contributed by atoms with Gasteiger partial charge < -0.3 is 20.3 Å². The van der Waals surface area contributed by atoms with Crippen LogP contribution in [0.25, 0.3) is 0 Å². The fourth-order valence-corrected chi connectivity index (χ4v) is 4.95. The molecule has 0 fully saturated rings. The largest absolute Gasteiger partial charge is 0.355 e. The quantitative estimate of drug-likeness (QED) is 0.359. The van der Waals surface area contributed by atoms with E-state index in [-0.39, 0.29) is 30.2 Å². The van der Waals surface area contributed by atoms with Crippen LogP contribution >= 0.6 is 11.6 Å². The fraction of sp³-hybridized carbons (Fsp3) is 0.344. The van der Waals surface area contributed by atoms with Crippen molar-refractivity contribution in [3.8, 4) is 0 Å². The van der Waals surface area contributed by atoms with Gasteiger partial charge >= 0.3 is 0 Å². The van der Waals surface area contributed by atoms with Gasteiger partial charge in [-0.05, 0) is 40.8 Å². The first kappa shape index (κ1) is 30.2. The number of ether oxygens (including phenoxy) is 1. The Balaban J connectivity index is 1.70. The molecule has 3 aromatic rings. The third kappa shape index (κ3) is 7.93. The number of rotatable bonds is 8. The molecule has 0 radical (unpaired) electrons. The monoisotopic (exact) mass is 579 g/mol. The summed E-state index contributed by atoms with van der Waals surface area (Å²) in [5.74, 6) is -1.36. The van der Waals surface area contributed by atoms with Crippen molar-refractivity contribution < 1.29 is 23.5 Å². The molecule has 0 bridgehead atoms. The number of carbonyl (C=O) groups is 3. The number of carbonyl (C=O) groups excluding carboxylic acids is 3. The van der Waals surface area contributed by atoms with Gasteiger partial charge in [0.1, 0.15) is 18.0 Å². The lowest BCUT2D eigenvalue weighted by Crippen LogP contribution is -2.45. The Bertz CT molecular complexity index is 1440. The number of halogens is 2. The van der Waals surface area contributed by atoms with Crippen LogP contribution in [-0.4, -0.2) is 30.4 Å². The molecule has 41 heavy (non-hydrogen) atoms.